The van der Waals surface area contributed by atoms with Crippen molar-refractivity contribution in [3.05, 3.63) is 0 Å². The molecule has 0 N–H and O–H groups in total. The Labute approximate surface area is 70.8 Å². The van der Waals surface area contributed by atoms with Crippen LogP contribution in [-0.4, -0.2) is 24.5 Å². The van der Waals surface area contributed by atoms with Gasteiger partial charge in [0, 0.05) is 6.04 Å². The zero-order valence-electron chi connectivity index (χ0n) is 7.97. The maximum atomic E-state index is 2.54. The summed E-state index contributed by atoms with van der Waals surface area (Å²) in [5, 5.41) is 0. The molecule has 0 aromatic rings. The van der Waals surface area contributed by atoms with Crippen molar-refractivity contribution in [2.75, 3.05) is 13.6 Å². The number of piperidine rings is 1. The van der Waals surface area contributed by atoms with Crippen molar-refractivity contribution in [2.24, 2.45) is 0 Å². The Morgan fingerprint density at radius 2 is 2.18 bits per heavy atom. The first-order valence-corrected chi connectivity index (χ1v) is 5.05. The highest BCUT2D eigenvalue weighted by molar-refractivity contribution is 4.73. The Morgan fingerprint density at radius 1 is 1.36 bits per heavy atom. The van der Waals surface area contributed by atoms with Crippen LogP contribution in [0.25, 0.3) is 0 Å². The van der Waals surface area contributed by atoms with Crippen LogP contribution >= 0.6 is 0 Å². The summed E-state index contributed by atoms with van der Waals surface area (Å²) < 4.78 is 0. The zero-order chi connectivity index (χ0) is 8.10. The quantitative estimate of drug-likeness (QED) is 0.605. The molecule has 0 aliphatic carbocycles. The first-order chi connectivity index (χ1) is 5.34. The van der Waals surface area contributed by atoms with Crippen LogP contribution in [0.5, 0.6) is 0 Å². The van der Waals surface area contributed by atoms with Crippen molar-refractivity contribution in [2.45, 2.75) is 51.5 Å². The Balaban J connectivity index is 2.18. The summed E-state index contributed by atoms with van der Waals surface area (Å²) >= 11 is 0. The molecule has 1 saturated heterocycles. The highest BCUT2D eigenvalue weighted by atomic mass is 15.1. The molecule has 1 heterocycles. The van der Waals surface area contributed by atoms with Gasteiger partial charge in [-0.25, -0.2) is 0 Å². The molecule has 0 amide bonds. The van der Waals surface area contributed by atoms with Gasteiger partial charge in [0.15, 0.2) is 0 Å². The molecule has 0 aromatic carbocycles. The maximum Gasteiger partial charge on any atom is 0.00922 e. The lowest BCUT2D eigenvalue weighted by molar-refractivity contribution is 0.173. The third-order valence-corrected chi connectivity index (χ3v) is 2.81. The van der Waals surface area contributed by atoms with E-state index in [-0.39, 0.29) is 0 Å². The fourth-order valence-corrected chi connectivity index (χ4v) is 1.95. The van der Waals surface area contributed by atoms with E-state index in [1.54, 1.807) is 0 Å². The molecule has 1 aliphatic heterocycles. The van der Waals surface area contributed by atoms with E-state index in [1.807, 2.05) is 0 Å². The monoisotopic (exact) mass is 155 g/mol. The van der Waals surface area contributed by atoms with Crippen molar-refractivity contribution in [1.29, 1.82) is 0 Å². The standard InChI is InChI=1S/C10H21N/c1-3-4-7-10-8-5-6-9-11(10)2/h10H,3-9H2,1-2H3/t10-/m0/s1. The summed E-state index contributed by atoms with van der Waals surface area (Å²) in [5.41, 5.74) is 0. The largest absolute Gasteiger partial charge is 0.303 e. The van der Waals surface area contributed by atoms with Crippen LogP contribution in [0.3, 0.4) is 0 Å². The van der Waals surface area contributed by atoms with Gasteiger partial charge < -0.3 is 4.90 Å². The molecule has 11 heavy (non-hydrogen) atoms. The summed E-state index contributed by atoms with van der Waals surface area (Å²) in [6, 6.07) is 0.906. The first kappa shape index (κ1) is 9.05. The Bertz CT molecular complexity index is 101. The van der Waals surface area contributed by atoms with Crippen molar-refractivity contribution >= 4 is 0 Å². The van der Waals surface area contributed by atoms with E-state index in [4.69, 9.17) is 0 Å². The van der Waals surface area contributed by atoms with Crippen LogP contribution in [0.2, 0.25) is 0 Å². The van der Waals surface area contributed by atoms with E-state index >= 15 is 0 Å². The van der Waals surface area contributed by atoms with Crippen molar-refractivity contribution in [3.63, 3.8) is 0 Å². The van der Waals surface area contributed by atoms with Gasteiger partial charge >= 0.3 is 0 Å². The van der Waals surface area contributed by atoms with Crippen LogP contribution in [0.1, 0.15) is 45.4 Å². The molecule has 0 radical (unpaired) electrons. The molecule has 0 spiro atoms. The highest BCUT2D eigenvalue weighted by Gasteiger charge is 2.17. The molecule has 1 rings (SSSR count). The number of rotatable bonds is 3. The Morgan fingerprint density at radius 3 is 2.82 bits per heavy atom. The molecule has 1 atom stereocenters. The number of unbranched alkanes of at least 4 members (excludes halogenated alkanes) is 1. The lowest BCUT2D eigenvalue weighted by Gasteiger charge is -2.32. The summed E-state index contributed by atoms with van der Waals surface area (Å²) in [4.78, 5) is 2.54. The van der Waals surface area contributed by atoms with Gasteiger partial charge in [-0.05, 0) is 32.9 Å². The van der Waals surface area contributed by atoms with Crippen molar-refractivity contribution in [1.82, 2.24) is 4.90 Å². The lowest BCUT2D eigenvalue weighted by atomic mass is 9.98. The number of nitrogens with zero attached hydrogens (tertiary/aromatic N) is 1. The first-order valence-electron chi connectivity index (χ1n) is 5.05. The van der Waals surface area contributed by atoms with Crippen LogP contribution in [-0.2, 0) is 0 Å². The third kappa shape index (κ3) is 2.82. The lowest BCUT2D eigenvalue weighted by Crippen LogP contribution is -2.35. The second kappa shape index (κ2) is 4.76. The molecule has 0 bridgehead atoms. The smallest absolute Gasteiger partial charge is 0.00922 e. The maximum absolute atomic E-state index is 2.54. The van der Waals surface area contributed by atoms with Gasteiger partial charge in [-0.1, -0.05) is 26.2 Å². The van der Waals surface area contributed by atoms with Gasteiger partial charge in [-0.15, -0.1) is 0 Å². The Kier molecular flexibility index (Phi) is 3.92. The van der Waals surface area contributed by atoms with Crippen LogP contribution in [0.15, 0.2) is 0 Å². The van der Waals surface area contributed by atoms with E-state index < -0.39 is 0 Å². The molecular weight excluding hydrogens is 134 g/mol. The van der Waals surface area contributed by atoms with E-state index in [0.29, 0.717) is 0 Å². The van der Waals surface area contributed by atoms with Gasteiger partial charge in [-0.2, -0.15) is 0 Å². The van der Waals surface area contributed by atoms with Gasteiger partial charge in [0.1, 0.15) is 0 Å². The second-order valence-electron chi connectivity index (χ2n) is 3.77. The number of hydrogen-bond acceptors (Lipinski definition) is 1. The van der Waals surface area contributed by atoms with Crippen LogP contribution < -0.4 is 0 Å². The molecule has 1 nitrogen and oxygen atoms in total. The average molecular weight is 155 g/mol. The second-order valence-corrected chi connectivity index (χ2v) is 3.77. The zero-order valence-corrected chi connectivity index (χ0v) is 7.97. The van der Waals surface area contributed by atoms with E-state index in [9.17, 15) is 0 Å². The minimum atomic E-state index is 0.906. The third-order valence-electron chi connectivity index (χ3n) is 2.81. The minimum Gasteiger partial charge on any atom is -0.303 e. The average Bonchev–Trinajstić information content (AvgIpc) is 2.03. The summed E-state index contributed by atoms with van der Waals surface area (Å²) in [6.45, 7) is 3.61. The summed E-state index contributed by atoms with van der Waals surface area (Å²) in [7, 11) is 2.28. The molecule has 0 saturated carbocycles. The number of likely N-dealkylation sites (tertiary alicyclic amines) is 1. The van der Waals surface area contributed by atoms with Crippen LogP contribution in [0, 0.1) is 0 Å². The molecule has 1 heteroatoms. The normalized spacial score (nSPS) is 27.3. The van der Waals surface area contributed by atoms with Gasteiger partial charge in [-0.3, -0.25) is 0 Å². The number of hydrogen-bond donors (Lipinski definition) is 0. The SMILES string of the molecule is CCCC[C@H]1CCCCN1C. The minimum absolute atomic E-state index is 0.906. The predicted octanol–water partition coefficient (Wildman–Crippen LogP) is 2.66. The molecule has 1 aliphatic rings. The van der Waals surface area contributed by atoms with Gasteiger partial charge in [0.2, 0.25) is 0 Å². The van der Waals surface area contributed by atoms with Crippen molar-refractivity contribution < 1.29 is 0 Å². The summed E-state index contributed by atoms with van der Waals surface area (Å²) in [5.74, 6) is 0. The fourth-order valence-electron chi connectivity index (χ4n) is 1.95. The van der Waals surface area contributed by atoms with E-state index in [2.05, 4.69) is 18.9 Å². The Hall–Kier alpha value is -0.0400. The molecule has 1 fully saturated rings. The molecular formula is C10H21N. The van der Waals surface area contributed by atoms with E-state index in [1.165, 1.54) is 45.1 Å². The van der Waals surface area contributed by atoms with Gasteiger partial charge in [0.25, 0.3) is 0 Å². The van der Waals surface area contributed by atoms with E-state index in [0.717, 1.165) is 6.04 Å². The predicted molar refractivity (Wildman–Crippen MR) is 49.8 cm³/mol. The highest BCUT2D eigenvalue weighted by Crippen LogP contribution is 2.19. The molecule has 0 unspecified atom stereocenters. The topological polar surface area (TPSA) is 3.24 Å². The van der Waals surface area contributed by atoms with Gasteiger partial charge in [0.05, 0.1) is 0 Å². The fraction of sp³-hybridized carbons (Fsp3) is 1.00. The molecule has 0 aromatic heterocycles. The van der Waals surface area contributed by atoms with Crippen LogP contribution in [0.4, 0.5) is 0 Å². The summed E-state index contributed by atoms with van der Waals surface area (Å²) in [6.07, 6.45) is 8.50. The molecule has 66 valence electrons. The van der Waals surface area contributed by atoms with Crippen molar-refractivity contribution in [3.8, 4) is 0 Å².